The minimum absolute atomic E-state index is 0. The summed E-state index contributed by atoms with van der Waals surface area (Å²) in [6, 6.07) is 11.8. The van der Waals surface area contributed by atoms with Crippen molar-refractivity contribution in [1.82, 2.24) is 19.2 Å². The first kappa shape index (κ1) is 24.1. The lowest BCUT2D eigenvalue weighted by molar-refractivity contribution is 0.0648. The molecule has 2 amide bonds. The van der Waals surface area contributed by atoms with Crippen molar-refractivity contribution in [2.24, 2.45) is 0 Å². The van der Waals surface area contributed by atoms with E-state index in [1.807, 2.05) is 0 Å². The molecule has 5 rings (SSSR count). The molecule has 0 spiro atoms. The Morgan fingerprint density at radius 1 is 0.906 bits per heavy atom. The fourth-order valence-electron chi connectivity index (χ4n) is 4.21. The molecule has 0 aliphatic carbocycles. The van der Waals surface area contributed by atoms with Crippen LogP contribution in [0.2, 0.25) is 0 Å². The number of amides is 2. The van der Waals surface area contributed by atoms with Crippen LogP contribution in [0, 0.1) is 0 Å². The van der Waals surface area contributed by atoms with Gasteiger partial charge in [0.15, 0.2) is 0 Å². The number of unbranched alkanes of at least 4 members (excludes halogenated alkanes) is 1. The van der Waals surface area contributed by atoms with Gasteiger partial charge in [-0.3, -0.25) is 24.4 Å². The molecule has 2 aliphatic rings. The number of imide groups is 1. The normalized spacial score (nSPS) is 16.1. The molecular formula is C22H26ClN5O3S. The van der Waals surface area contributed by atoms with Crippen LogP contribution in [0.15, 0.2) is 42.6 Å². The zero-order valence-corrected chi connectivity index (χ0v) is 19.2. The largest absolute Gasteiger partial charge is 0.412 e. The van der Waals surface area contributed by atoms with E-state index in [0.717, 1.165) is 51.4 Å². The Labute approximate surface area is 196 Å². The Morgan fingerprint density at radius 2 is 1.66 bits per heavy atom. The number of carbonyl (C=O) groups excluding carboxylic acids is 2. The number of hydrogen-bond acceptors (Lipinski definition) is 7. The van der Waals surface area contributed by atoms with Gasteiger partial charge >= 0.3 is 0 Å². The Kier molecular flexibility index (Phi) is 7.78. The third kappa shape index (κ3) is 4.47. The van der Waals surface area contributed by atoms with Crippen molar-refractivity contribution in [3.8, 4) is 0 Å². The quantitative estimate of drug-likeness (QED) is 0.401. The van der Waals surface area contributed by atoms with E-state index in [9.17, 15) is 9.59 Å². The summed E-state index contributed by atoms with van der Waals surface area (Å²) in [6.45, 7) is 5.38. The molecule has 10 heteroatoms. The smallest absolute Gasteiger partial charge is 0.280 e. The molecule has 0 saturated carbocycles. The van der Waals surface area contributed by atoms with Crippen LogP contribution in [0.4, 0.5) is 5.82 Å². The number of nitrogens with zero attached hydrogens (tertiary/aromatic N) is 5. The molecule has 0 unspecified atom stereocenters. The SMILES string of the molecule is Cl.O.O=C1c2cccnc2C(=O)N1CCCCN1CCN(c2nsc3ccccc23)CC1. The Bertz CT molecular complexity index is 1060. The summed E-state index contributed by atoms with van der Waals surface area (Å²) in [5.41, 5.74) is 0.710. The Morgan fingerprint density at radius 3 is 2.44 bits per heavy atom. The predicted molar refractivity (Wildman–Crippen MR) is 128 cm³/mol. The standard InChI is InChI=1S/C22H23N5O2S.ClH.H2O/c28-21-17-7-5-9-23-19(17)22(29)27(21)11-4-3-10-25-12-14-26(15-13-25)20-16-6-1-2-8-18(16)30-24-20;;/h1-2,5-9H,3-4,10-15H2;1H;1H2. The number of carbonyl (C=O) groups is 2. The van der Waals surface area contributed by atoms with E-state index in [1.54, 1.807) is 29.9 Å². The number of aromatic nitrogens is 2. The molecule has 0 atom stereocenters. The van der Waals surface area contributed by atoms with Crippen molar-refractivity contribution in [3.63, 3.8) is 0 Å². The molecule has 1 aromatic carbocycles. The van der Waals surface area contributed by atoms with E-state index in [4.69, 9.17) is 0 Å². The molecule has 2 aromatic heterocycles. The highest BCUT2D eigenvalue weighted by Gasteiger charge is 2.36. The highest BCUT2D eigenvalue weighted by atomic mass is 35.5. The second kappa shape index (κ2) is 10.4. The van der Waals surface area contributed by atoms with Gasteiger partial charge in [-0.25, -0.2) is 0 Å². The zero-order chi connectivity index (χ0) is 20.5. The topological polar surface area (TPSA) is 101 Å². The predicted octanol–water partition coefficient (Wildman–Crippen LogP) is 2.49. The van der Waals surface area contributed by atoms with Crippen molar-refractivity contribution >= 4 is 51.7 Å². The van der Waals surface area contributed by atoms with Crippen LogP contribution in [-0.2, 0) is 0 Å². The summed E-state index contributed by atoms with van der Waals surface area (Å²) in [4.78, 5) is 35.0. The average molecular weight is 476 g/mol. The number of hydrogen-bond donors (Lipinski definition) is 0. The van der Waals surface area contributed by atoms with Crippen molar-refractivity contribution < 1.29 is 15.1 Å². The minimum Gasteiger partial charge on any atom is -0.412 e. The highest BCUT2D eigenvalue weighted by molar-refractivity contribution is 7.13. The van der Waals surface area contributed by atoms with Gasteiger partial charge in [0.25, 0.3) is 11.8 Å². The second-order valence-electron chi connectivity index (χ2n) is 7.70. The molecule has 3 aromatic rings. The van der Waals surface area contributed by atoms with Gasteiger partial charge in [-0.05, 0) is 55.2 Å². The van der Waals surface area contributed by atoms with E-state index in [1.165, 1.54) is 15.0 Å². The fourth-order valence-corrected chi connectivity index (χ4v) is 5.00. The molecule has 0 bridgehead atoms. The van der Waals surface area contributed by atoms with Crippen LogP contribution in [0.1, 0.15) is 33.7 Å². The van der Waals surface area contributed by atoms with Gasteiger partial charge < -0.3 is 10.4 Å². The van der Waals surface area contributed by atoms with Gasteiger partial charge in [0, 0.05) is 44.3 Å². The molecule has 32 heavy (non-hydrogen) atoms. The van der Waals surface area contributed by atoms with Crippen LogP contribution >= 0.6 is 23.9 Å². The fraction of sp³-hybridized carbons (Fsp3) is 0.364. The van der Waals surface area contributed by atoms with Gasteiger partial charge in [0.05, 0.1) is 10.3 Å². The van der Waals surface area contributed by atoms with Gasteiger partial charge in [0.1, 0.15) is 11.5 Å². The summed E-state index contributed by atoms with van der Waals surface area (Å²) in [7, 11) is 0. The van der Waals surface area contributed by atoms with E-state index < -0.39 is 0 Å². The van der Waals surface area contributed by atoms with Gasteiger partial charge in [-0.2, -0.15) is 4.37 Å². The molecule has 1 saturated heterocycles. The van der Waals surface area contributed by atoms with Gasteiger partial charge in [-0.1, -0.05) is 12.1 Å². The minimum atomic E-state index is -0.264. The lowest BCUT2D eigenvalue weighted by Crippen LogP contribution is -2.46. The third-order valence-corrected chi connectivity index (χ3v) is 6.68. The molecule has 0 radical (unpaired) electrons. The summed E-state index contributed by atoms with van der Waals surface area (Å²) in [5.74, 6) is 0.626. The first-order chi connectivity index (χ1) is 14.7. The maximum atomic E-state index is 12.4. The van der Waals surface area contributed by atoms with E-state index in [2.05, 4.69) is 43.4 Å². The number of anilines is 1. The monoisotopic (exact) mass is 475 g/mol. The summed E-state index contributed by atoms with van der Waals surface area (Å²) >= 11 is 1.56. The van der Waals surface area contributed by atoms with Crippen molar-refractivity contribution in [2.75, 3.05) is 44.2 Å². The van der Waals surface area contributed by atoms with Crippen LogP contribution in [0.25, 0.3) is 10.1 Å². The van der Waals surface area contributed by atoms with Crippen LogP contribution in [0.3, 0.4) is 0 Å². The lowest BCUT2D eigenvalue weighted by Gasteiger charge is -2.35. The molecule has 170 valence electrons. The Hall–Kier alpha value is -2.59. The molecule has 8 nitrogen and oxygen atoms in total. The lowest BCUT2D eigenvalue weighted by atomic mass is 10.2. The maximum Gasteiger partial charge on any atom is 0.280 e. The van der Waals surface area contributed by atoms with E-state index in [0.29, 0.717) is 12.1 Å². The Balaban J connectivity index is 0.00000144. The van der Waals surface area contributed by atoms with Crippen LogP contribution in [-0.4, -0.2) is 75.7 Å². The van der Waals surface area contributed by atoms with Gasteiger partial charge in [-0.15, -0.1) is 12.4 Å². The summed E-state index contributed by atoms with van der Waals surface area (Å²) in [6.07, 6.45) is 3.32. The first-order valence-electron chi connectivity index (χ1n) is 10.4. The number of halogens is 1. The number of pyridine rings is 1. The number of rotatable bonds is 6. The molecule has 1 fully saturated rings. The van der Waals surface area contributed by atoms with Gasteiger partial charge in [0.2, 0.25) is 0 Å². The first-order valence-corrected chi connectivity index (χ1v) is 11.1. The molecular weight excluding hydrogens is 450 g/mol. The third-order valence-electron chi connectivity index (χ3n) is 5.87. The summed E-state index contributed by atoms with van der Waals surface area (Å²) < 4.78 is 5.90. The van der Waals surface area contributed by atoms with Crippen LogP contribution in [0.5, 0.6) is 0 Å². The van der Waals surface area contributed by atoms with Crippen molar-refractivity contribution in [3.05, 3.63) is 53.9 Å². The van der Waals surface area contributed by atoms with Crippen molar-refractivity contribution in [1.29, 1.82) is 0 Å². The average Bonchev–Trinajstić information content (AvgIpc) is 3.32. The summed E-state index contributed by atoms with van der Waals surface area (Å²) in [5, 5.41) is 1.24. The maximum absolute atomic E-state index is 12.4. The number of piperazine rings is 1. The van der Waals surface area contributed by atoms with E-state index >= 15 is 0 Å². The van der Waals surface area contributed by atoms with Crippen molar-refractivity contribution in [2.45, 2.75) is 12.8 Å². The van der Waals surface area contributed by atoms with Crippen LogP contribution < -0.4 is 4.90 Å². The highest BCUT2D eigenvalue weighted by Crippen LogP contribution is 2.29. The molecule has 4 heterocycles. The number of benzene rings is 1. The second-order valence-corrected chi connectivity index (χ2v) is 8.50. The molecule has 2 aliphatic heterocycles. The van der Waals surface area contributed by atoms with E-state index in [-0.39, 0.29) is 35.4 Å². The molecule has 2 N–H and O–H groups in total. The number of fused-ring (bicyclic) bond motifs is 2. The zero-order valence-electron chi connectivity index (χ0n) is 17.6.